The first kappa shape index (κ1) is 14.0. The van der Waals surface area contributed by atoms with Crippen LogP contribution in [0.25, 0.3) is 0 Å². The molecule has 1 saturated heterocycles. The Kier molecular flexibility index (Phi) is 4.76. The molecule has 3 nitrogen and oxygen atoms in total. The van der Waals surface area contributed by atoms with Crippen LogP contribution in [0.1, 0.15) is 38.2 Å². The molecule has 2 heterocycles. The lowest BCUT2D eigenvalue weighted by Crippen LogP contribution is -2.43. The smallest absolute Gasteiger partial charge is 0.118 e. The minimum Gasteiger partial charge on any atom is -0.464 e. The van der Waals surface area contributed by atoms with Gasteiger partial charge < -0.3 is 14.5 Å². The van der Waals surface area contributed by atoms with E-state index in [9.17, 15) is 0 Å². The normalized spacial score (nSPS) is 23.2. The Hall–Kier alpha value is -0.450. The van der Waals surface area contributed by atoms with E-state index in [2.05, 4.69) is 37.6 Å². The minimum absolute atomic E-state index is 0.00307. The maximum Gasteiger partial charge on any atom is 0.118 e. The molecule has 1 N–H and O–H groups in total. The van der Waals surface area contributed by atoms with Gasteiger partial charge in [-0.15, -0.1) is 0 Å². The number of thioether (sulfide) groups is 1. The van der Waals surface area contributed by atoms with Gasteiger partial charge >= 0.3 is 0 Å². The maximum atomic E-state index is 5.75. The van der Waals surface area contributed by atoms with Crippen molar-refractivity contribution in [2.24, 2.45) is 0 Å². The first-order valence-corrected chi connectivity index (χ1v) is 7.92. The number of hydrogen-bond donors (Lipinski definition) is 1. The van der Waals surface area contributed by atoms with Crippen LogP contribution in [0.2, 0.25) is 0 Å². The summed E-state index contributed by atoms with van der Waals surface area (Å²) in [6.45, 7) is 5.98. The van der Waals surface area contributed by atoms with Crippen LogP contribution in [0.4, 0.5) is 0 Å². The molecule has 4 heteroatoms. The average molecular weight is 269 g/mol. The highest BCUT2D eigenvalue weighted by atomic mass is 32.2. The molecule has 0 bridgehead atoms. The van der Waals surface area contributed by atoms with Gasteiger partial charge in [-0.1, -0.05) is 0 Å². The van der Waals surface area contributed by atoms with Crippen molar-refractivity contribution < 1.29 is 9.15 Å². The second-order valence-electron chi connectivity index (χ2n) is 5.48. The highest BCUT2D eigenvalue weighted by Gasteiger charge is 2.28. The van der Waals surface area contributed by atoms with Crippen LogP contribution in [-0.4, -0.2) is 24.5 Å². The van der Waals surface area contributed by atoms with Crippen molar-refractivity contribution in [1.82, 2.24) is 5.32 Å². The zero-order valence-electron chi connectivity index (χ0n) is 11.5. The molecule has 0 saturated carbocycles. The maximum absolute atomic E-state index is 5.75. The summed E-state index contributed by atoms with van der Waals surface area (Å²) in [6, 6.07) is 4.67. The lowest BCUT2D eigenvalue weighted by atomic mass is 9.94. The molecular formula is C14H23NO2S. The van der Waals surface area contributed by atoms with E-state index in [-0.39, 0.29) is 5.60 Å². The Labute approximate surface area is 114 Å². The van der Waals surface area contributed by atoms with Gasteiger partial charge in [0.05, 0.1) is 17.9 Å². The van der Waals surface area contributed by atoms with Crippen molar-refractivity contribution in [3.63, 3.8) is 0 Å². The van der Waals surface area contributed by atoms with Crippen molar-refractivity contribution in [2.75, 3.05) is 12.9 Å². The summed E-state index contributed by atoms with van der Waals surface area (Å²) in [5, 5.41) is 3.57. The minimum atomic E-state index is 0.00307. The molecule has 0 aliphatic carbocycles. The molecular weight excluding hydrogens is 246 g/mol. The molecule has 1 unspecified atom stereocenters. The molecule has 1 atom stereocenters. The third kappa shape index (κ3) is 4.04. The fourth-order valence-corrected chi connectivity index (χ4v) is 2.83. The summed E-state index contributed by atoms with van der Waals surface area (Å²) in [6.07, 6.45) is 4.23. The standard InChI is InChI=1S/C14H23NO2S/c1-14(2)8-11(6-7-16-14)15-9-12-4-5-13(17-12)10-18-3/h4-5,11,15H,6-10H2,1-3H3. The Morgan fingerprint density at radius 3 is 2.89 bits per heavy atom. The summed E-state index contributed by atoms with van der Waals surface area (Å²) in [5.74, 6) is 3.04. The van der Waals surface area contributed by atoms with Gasteiger partial charge in [-0.3, -0.25) is 0 Å². The first-order chi connectivity index (χ1) is 8.59. The van der Waals surface area contributed by atoms with Crippen LogP contribution in [0.3, 0.4) is 0 Å². The fraction of sp³-hybridized carbons (Fsp3) is 0.714. The van der Waals surface area contributed by atoms with E-state index < -0.39 is 0 Å². The summed E-state index contributed by atoms with van der Waals surface area (Å²) in [4.78, 5) is 0. The van der Waals surface area contributed by atoms with Crippen molar-refractivity contribution in [3.05, 3.63) is 23.7 Å². The monoisotopic (exact) mass is 269 g/mol. The molecule has 1 aliphatic heterocycles. The number of nitrogens with one attached hydrogen (secondary N) is 1. The van der Waals surface area contributed by atoms with Gasteiger partial charge in [-0.05, 0) is 45.1 Å². The molecule has 0 aromatic carbocycles. The summed E-state index contributed by atoms with van der Waals surface area (Å²) in [5.41, 5.74) is 0.00307. The number of rotatable bonds is 5. The van der Waals surface area contributed by atoms with Crippen LogP contribution in [0.15, 0.2) is 16.5 Å². The molecule has 1 fully saturated rings. The largest absolute Gasteiger partial charge is 0.464 e. The van der Waals surface area contributed by atoms with Gasteiger partial charge in [-0.2, -0.15) is 11.8 Å². The predicted molar refractivity (Wildman–Crippen MR) is 75.8 cm³/mol. The zero-order chi connectivity index (χ0) is 13.0. The highest BCUT2D eigenvalue weighted by molar-refractivity contribution is 7.97. The van der Waals surface area contributed by atoms with E-state index in [1.165, 1.54) is 0 Å². The topological polar surface area (TPSA) is 34.4 Å². The third-order valence-electron chi connectivity index (χ3n) is 3.27. The second kappa shape index (κ2) is 6.13. The van der Waals surface area contributed by atoms with E-state index in [0.29, 0.717) is 6.04 Å². The van der Waals surface area contributed by atoms with E-state index in [1.54, 1.807) is 11.8 Å². The SMILES string of the molecule is CSCc1ccc(CNC2CCOC(C)(C)C2)o1. The number of furan rings is 1. The summed E-state index contributed by atoms with van der Waals surface area (Å²) < 4.78 is 11.5. The van der Waals surface area contributed by atoms with Crippen LogP contribution >= 0.6 is 11.8 Å². The molecule has 1 aliphatic rings. The van der Waals surface area contributed by atoms with Gasteiger partial charge in [-0.25, -0.2) is 0 Å². The number of hydrogen-bond acceptors (Lipinski definition) is 4. The second-order valence-corrected chi connectivity index (χ2v) is 6.35. The molecule has 0 amide bonds. The molecule has 0 radical (unpaired) electrons. The van der Waals surface area contributed by atoms with Gasteiger partial charge in [0.25, 0.3) is 0 Å². The molecule has 2 rings (SSSR count). The lowest BCUT2D eigenvalue weighted by molar-refractivity contribution is -0.0632. The van der Waals surface area contributed by atoms with E-state index in [0.717, 1.165) is 43.3 Å². The van der Waals surface area contributed by atoms with E-state index in [1.807, 2.05) is 0 Å². The Morgan fingerprint density at radius 1 is 1.39 bits per heavy atom. The van der Waals surface area contributed by atoms with Crippen LogP contribution in [0.5, 0.6) is 0 Å². The van der Waals surface area contributed by atoms with Crippen molar-refractivity contribution in [2.45, 2.75) is 50.6 Å². The van der Waals surface area contributed by atoms with Crippen LogP contribution < -0.4 is 5.32 Å². The Morgan fingerprint density at radius 2 is 2.17 bits per heavy atom. The molecule has 0 spiro atoms. The molecule has 18 heavy (non-hydrogen) atoms. The Balaban J connectivity index is 1.79. The Bertz CT molecular complexity index is 376. The van der Waals surface area contributed by atoms with Crippen molar-refractivity contribution in [1.29, 1.82) is 0 Å². The zero-order valence-corrected chi connectivity index (χ0v) is 12.3. The van der Waals surface area contributed by atoms with Gasteiger partial charge in [0.15, 0.2) is 0 Å². The van der Waals surface area contributed by atoms with Gasteiger partial charge in [0, 0.05) is 12.6 Å². The third-order valence-corrected chi connectivity index (χ3v) is 3.84. The molecule has 1 aromatic rings. The predicted octanol–water partition coefficient (Wildman–Crippen LogP) is 3.19. The van der Waals surface area contributed by atoms with Crippen LogP contribution in [-0.2, 0) is 17.0 Å². The highest BCUT2D eigenvalue weighted by Crippen LogP contribution is 2.24. The van der Waals surface area contributed by atoms with E-state index in [4.69, 9.17) is 9.15 Å². The summed E-state index contributed by atoms with van der Waals surface area (Å²) >= 11 is 1.78. The van der Waals surface area contributed by atoms with Crippen LogP contribution in [0, 0.1) is 0 Å². The first-order valence-electron chi connectivity index (χ1n) is 6.53. The van der Waals surface area contributed by atoms with Crippen molar-refractivity contribution in [3.8, 4) is 0 Å². The summed E-state index contributed by atoms with van der Waals surface area (Å²) in [7, 11) is 0. The van der Waals surface area contributed by atoms with E-state index >= 15 is 0 Å². The van der Waals surface area contributed by atoms with Gasteiger partial charge in [0.2, 0.25) is 0 Å². The fourth-order valence-electron chi connectivity index (χ4n) is 2.39. The lowest BCUT2D eigenvalue weighted by Gasteiger charge is -2.35. The molecule has 1 aromatic heterocycles. The average Bonchev–Trinajstić information content (AvgIpc) is 2.74. The van der Waals surface area contributed by atoms with Gasteiger partial charge in [0.1, 0.15) is 11.5 Å². The molecule has 102 valence electrons. The number of ether oxygens (including phenoxy) is 1. The van der Waals surface area contributed by atoms with Crippen molar-refractivity contribution >= 4 is 11.8 Å². The quantitative estimate of drug-likeness (QED) is 0.890.